The number of aliphatic hydroxyl groups excluding tert-OH is 1. The summed E-state index contributed by atoms with van der Waals surface area (Å²) in [5.41, 5.74) is 4.23. The van der Waals surface area contributed by atoms with E-state index in [1.807, 2.05) is 37.3 Å². The first-order chi connectivity index (χ1) is 13.0. The van der Waals surface area contributed by atoms with E-state index < -0.39 is 6.10 Å². The van der Waals surface area contributed by atoms with E-state index in [0.29, 0.717) is 11.3 Å². The van der Waals surface area contributed by atoms with Crippen molar-refractivity contribution in [1.29, 1.82) is 0 Å². The Kier molecular flexibility index (Phi) is 6.34. The van der Waals surface area contributed by atoms with E-state index in [0.717, 1.165) is 33.6 Å². The summed E-state index contributed by atoms with van der Waals surface area (Å²) in [5.74, 6) is 1.30. The number of rotatable bonds is 7. The fourth-order valence-electron chi connectivity index (χ4n) is 3.15. The van der Waals surface area contributed by atoms with Crippen LogP contribution in [0.2, 0.25) is 0 Å². The highest BCUT2D eigenvalue weighted by Crippen LogP contribution is 2.30. The molecule has 0 aliphatic heterocycles. The maximum absolute atomic E-state index is 13.7. The van der Waals surface area contributed by atoms with Crippen LogP contribution >= 0.6 is 11.8 Å². The highest BCUT2D eigenvalue weighted by Gasteiger charge is 2.22. The number of benzene rings is 2. The normalized spacial score (nSPS) is 13.5. The number of anilines is 1. The van der Waals surface area contributed by atoms with Crippen LogP contribution in [0, 0.1) is 19.7 Å². The average Bonchev–Trinajstić information content (AvgIpc) is 2.66. The second-order valence-electron chi connectivity index (χ2n) is 6.68. The molecule has 0 radical (unpaired) electrons. The van der Waals surface area contributed by atoms with Gasteiger partial charge in [0.05, 0.1) is 17.7 Å². The van der Waals surface area contributed by atoms with Crippen LogP contribution in [0.1, 0.15) is 29.8 Å². The third-order valence-electron chi connectivity index (χ3n) is 4.60. The van der Waals surface area contributed by atoms with Crippen molar-refractivity contribution in [1.82, 2.24) is 4.98 Å². The Bertz CT molecular complexity index is 931. The molecule has 0 amide bonds. The van der Waals surface area contributed by atoms with E-state index in [1.54, 1.807) is 30.8 Å². The van der Waals surface area contributed by atoms with Gasteiger partial charge in [-0.2, -0.15) is 11.8 Å². The summed E-state index contributed by atoms with van der Waals surface area (Å²) in [5, 5.41) is 15.3. The minimum atomic E-state index is -0.603. The Balaban J connectivity index is 1.99. The number of pyridine rings is 1. The van der Waals surface area contributed by atoms with Crippen molar-refractivity contribution in [3.63, 3.8) is 0 Å². The van der Waals surface area contributed by atoms with Crippen molar-refractivity contribution in [2.75, 3.05) is 16.8 Å². The van der Waals surface area contributed by atoms with Crippen LogP contribution in [0.25, 0.3) is 10.9 Å². The number of halogens is 1. The zero-order valence-electron chi connectivity index (χ0n) is 15.9. The Labute approximate surface area is 164 Å². The number of nitrogens with one attached hydrogen (secondary N) is 1. The van der Waals surface area contributed by atoms with Gasteiger partial charge in [-0.3, -0.25) is 4.98 Å². The third kappa shape index (κ3) is 4.60. The largest absolute Gasteiger partial charge is 0.390 e. The van der Waals surface area contributed by atoms with Crippen LogP contribution in [0.15, 0.2) is 48.5 Å². The fourth-order valence-corrected chi connectivity index (χ4v) is 3.82. The van der Waals surface area contributed by atoms with Crippen molar-refractivity contribution >= 4 is 28.4 Å². The molecule has 0 aliphatic carbocycles. The number of fused-ring (bicyclic) bond motifs is 1. The maximum Gasteiger partial charge on any atom is 0.126 e. The Morgan fingerprint density at radius 3 is 2.70 bits per heavy atom. The summed E-state index contributed by atoms with van der Waals surface area (Å²) in [6.07, 6.45) is -0.603. The summed E-state index contributed by atoms with van der Waals surface area (Å²) >= 11 is 1.69. The summed E-state index contributed by atoms with van der Waals surface area (Å²) < 4.78 is 13.7. The lowest BCUT2D eigenvalue weighted by Gasteiger charge is -2.26. The average molecular weight is 385 g/mol. The molecule has 2 atom stereocenters. The molecule has 142 valence electrons. The van der Waals surface area contributed by atoms with Gasteiger partial charge in [-0.1, -0.05) is 25.1 Å². The van der Waals surface area contributed by atoms with Gasteiger partial charge in [0.15, 0.2) is 0 Å². The molecule has 5 heteroatoms. The number of aromatic nitrogens is 1. The molecular formula is C22H25FN2OS. The lowest BCUT2D eigenvalue weighted by molar-refractivity contribution is 0.177. The molecule has 0 saturated heterocycles. The van der Waals surface area contributed by atoms with Crippen LogP contribution in [0.3, 0.4) is 0 Å². The first-order valence-electron chi connectivity index (χ1n) is 9.14. The summed E-state index contributed by atoms with van der Waals surface area (Å²) in [4.78, 5) is 4.58. The highest BCUT2D eigenvalue weighted by molar-refractivity contribution is 7.99. The van der Waals surface area contributed by atoms with Crippen LogP contribution < -0.4 is 5.32 Å². The molecule has 27 heavy (non-hydrogen) atoms. The lowest BCUT2D eigenvalue weighted by Crippen LogP contribution is -2.28. The summed E-state index contributed by atoms with van der Waals surface area (Å²) in [6.45, 7) is 5.78. The first kappa shape index (κ1) is 19.6. The zero-order chi connectivity index (χ0) is 19.4. The Hall–Kier alpha value is -2.11. The second-order valence-corrected chi connectivity index (χ2v) is 8.00. The van der Waals surface area contributed by atoms with E-state index in [2.05, 4.69) is 17.2 Å². The summed E-state index contributed by atoms with van der Waals surface area (Å²) in [7, 11) is 0. The lowest BCUT2D eigenvalue weighted by atomic mass is 9.99. The van der Waals surface area contributed by atoms with Gasteiger partial charge in [0.1, 0.15) is 5.82 Å². The number of aliphatic hydroxyl groups is 1. The van der Waals surface area contributed by atoms with E-state index >= 15 is 0 Å². The standard InChI is InChI=1S/C22H25FN2OS/c1-4-27-13-21(26)22(16-9-11-18(23)14(2)12-16)25-20-7-5-6-19-17(20)10-8-15(3)24-19/h5-12,21-22,25-26H,4,13H2,1-3H3. The Morgan fingerprint density at radius 1 is 1.15 bits per heavy atom. The molecule has 3 nitrogen and oxygen atoms in total. The van der Waals surface area contributed by atoms with Crippen LogP contribution in [-0.4, -0.2) is 27.7 Å². The van der Waals surface area contributed by atoms with Gasteiger partial charge >= 0.3 is 0 Å². The van der Waals surface area contributed by atoms with Crippen molar-refractivity contribution in [3.05, 3.63) is 71.2 Å². The van der Waals surface area contributed by atoms with Crippen LogP contribution in [-0.2, 0) is 0 Å². The monoisotopic (exact) mass is 384 g/mol. The van der Waals surface area contributed by atoms with Crippen molar-refractivity contribution in [3.8, 4) is 0 Å². The molecular weight excluding hydrogens is 359 g/mol. The van der Waals surface area contributed by atoms with Gasteiger partial charge in [-0.05, 0) is 61.1 Å². The molecule has 3 rings (SSSR count). The highest BCUT2D eigenvalue weighted by atomic mass is 32.2. The van der Waals surface area contributed by atoms with Gasteiger partial charge in [-0.25, -0.2) is 4.39 Å². The number of thioether (sulfide) groups is 1. The number of nitrogens with zero attached hydrogens (tertiary/aromatic N) is 1. The predicted molar refractivity (Wildman–Crippen MR) is 113 cm³/mol. The van der Waals surface area contributed by atoms with Gasteiger partial charge in [-0.15, -0.1) is 0 Å². The minimum absolute atomic E-state index is 0.236. The Morgan fingerprint density at radius 2 is 1.96 bits per heavy atom. The molecule has 0 fully saturated rings. The maximum atomic E-state index is 13.7. The van der Waals surface area contributed by atoms with Gasteiger partial charge in [0.2, 0.25) is 0 Å². The smallest absolute Gasteiger partial charge is 0.126 e. The van der Waals surface area contributed by atoms with Crippen LogP contribution in [0.5, 0.6) is 0 Å². The van der Waals surface area contributed by atoms with Gasteiger partial charge in [0.25, 0.3) is 0 Å². The second kappa shape index (κ2) is 8.72. The van der Waals surface area contributed by atoms with E-state index in [4.69, 9.17) is 0 Å². The number of hydrogen-bond acceptors (Lipinski definition) is 4. The van der Waals surface area contributed by atoms with Crippen molar-refractivity contribution in [2.24, 2.45) is 0 Å². The molecule has 1 aromatic heterocycles. The fraction of sp³-hybridized carbons (Fsp3) is 0.318. The molecule has 0 aliphatic rings. The SMILES string of the molecule is CCSCC(O)C(Nc1cccc2nc(C)ccc12)c1ccc(F)c(C)c1. The molecule has 1 heterocycles. The molecule has 0 bridgehead atoms. The van der Waals surface area contributed by atoms with Crippen molar-refractivity contribution in [2.45, 2.75) is 32.9 Å². The summed E-state index contributed by atoms with van der Waals surface area (Å²) in [6, 6.07) is 14.6. The van der Waals surface area contributed by atoms with Gasteiger partial charge < -0.3 is 10.4 Å². The van der Waals surface area contributed by atoms with E-state index in [-0.39, 0.29) is 11.9 Å². The molecule has 2 unspecified atom stereocenters. The zero-order valence-corrected chi connectivity index (χ0v) is 16.7. The van der Waals surface area contributed by atoms with E-state index in [1.165, 1.54) is 6.07 Å². The van der Waals surface area contributed by atoms with Crippen LogP contribution in [0.4, 0.5) is 10.1 Å². The molecule has 2 aromatic carbocycles. The topological polar surface area (TPSA) is 45.1 Å². The molecule has 0 spiro atoms. The number of hydrogen-bond donors (Lipinski definition) is 2. The molecule has 0 saturated carbocycles. The van der Waals surface area contributed by atoms with E-state index in [9.17, 15) is 9.50 Å². The first-order valence-corrected chi connectivity index (χ1v) is 10.3. The third-order valence-corrected chi connectivity index (χ3v) is 5.59. The predicted octanol–water partition coefficient (Wildman–Crippen LogP) is 5.26. The quantitative estimate of drug-likeness (QED) is 0.583. The molecule has 3 aromatic rings. The molecule has 2 N–H and O–H groups in total. The van der Waals surface area contributed by atoms with Gasteiger partial charge in [0, 0.05) is 22.5 Å². The minimum Gasteiger partial charge on any atom is -0.390 e. The number of aryl methyl sites for hydroxylation is 2. The van der Waals surface area contributed by atoms with Crippen molar-refractivity contribution < 1.29 is 9.50 Å².